The molecule has 0 radical (unpaired) electrons. The van der Waals surface area contributed by atoms with Crippen molar-refractivity contribution in [3.05, 3.63) is 155 Å². The fourth-order valence-corrected chi connectivity index (χ4v) is 11.3. The van der Waals surface area contributed by atoms with Crippen LogP contribution in [0, 0.1) is 28.6 Å². The fraction of sp³-hybridized carbons (Fsp3) is 0.415. The molecule has 1 aliphatic heterocycles. The van der Waals surface area contributed by atoms with Gasteiger partial charge in [-0.1, -0.05) is 98.3 Å². The first-order valence-corrected chi connectivity index (χ1v) is 22.6. The largest absolute Gasteiger partial charge is 0.459 e. The maximum absolute atomic E-state index is 14.1. The standard InChI is InChI=1S/C53H54O11/c1-52-29-27-38(31-37(52)23-24-39-40-25-26-43(54)53(40,2)30-28-41(39)52)60-51-46(64-50(58)36-21-13-6-14-22-36)45(63-49(57)35-19-11-5-12-20-35)44(62-48(56)34-17-9-4-10-18-34)42(61-51)32-59-47(55)33-15-7-3-8-16-33/h3-23,38-42,44-46,51H,24-32H2,1-2H3/t38-,39-,40-,41-,42+,44-,45-,46+,51+,52-,53-/m0/s1. The zero-order valence-corrected chi connectivity index (χ0v) is 36.2. The van der Waals surface area contributed by atoms with Crippen molar-refractivity contribution in [3.8, 4) is 0 Å². The Balaban J connectivity index is 1.06. The van der Waals surface area contributed by atoms with Crippen LogP contribution >= 0.6 is 0 Å². The van der Waals surface area contributed by atoms with E-state index >= 15 is 0 Å². The van der Waals surface area contributed by atoms with Crippen molar-refractivity contribution in [2.75, 3.05) is 6.61 Å². The average Bonchev–Trinajstić information content (AvgIpc) is 3.64. The molecule has 64 heavy (non-hydrogen) atoms. The highest BCUT2D eigenvalue weighted by Gasteiger charge is 2.59. The molecular weight excluding hydrogens is 813 g/mol. The summed E-state index contributed by atoms with van der Waals surface area (Å²) in [7, 11) is 0. The number of Topliss-reactive ketones (excluding diaryl/α,β-unsaturated/α-hetero) is 1. The molecule has 4 aliphatic carbocycles. The second kappa shape index (κ2) is 18.3. The molecule has 0 unspecified atom stereocenters. The molecule has 0 spiro atoms. The number of esters is 4. The number of ketones is 1. The van der Waals surface area contributed by atoms with Gasteiger partial charge in [-0.3, -0.25) is 4.79 Å². The lowest BCUT2D eigenvalue weighted by molar-refractivity contribution is -0.310. The molecule has 1 saturated heterocycles. The lowest BCUT2D eigenvalue weighted by Gasteiger charge is -2.57. The third-order valence-corrected chi connectivity index (χ3v) is 14.8. The van der Waals surface area contributed by atoms with Gasteiger partial charge in [0.2, 0.25) is 0 Å². The van der Waals surface area contributed by atoms with E-state index in [0.29, 0.717) is 48.4 Å². The van der Waals surface area contributed by atoms with E-state index in [1.807, 2.05) is 0 Å². The third-order valence-electron chi connectivity index (χ3n) is 14.8. The zero-order chi connectivity index (χ0) is 44.4. The summed E-state index contributed by atoms with van der Waals surface area (Å²) in [5.74, 6) is -1.20. The maximum atomic E-state index is 14.1. The topological polar surface area (TPSA) is 141 Å². The molecule has 3 saturated carbocycles. The Morgan fingerprint density at radius 3 is 1.64 bits per heavy atom. The Hall–Kier alpha value is -5.91. The number of hydrogen-bond acceptors (Lipinski definition) is 11. The normalized spacial score (nSPS) is 31.8. The number of carbonyl (C=O) groups is 5. The molecule has 9 rings (SSSR count). The molecule has 332 valence electrons. The van der Waals surface area contributed by atoms with Crippen LogP contribution in [-0.4, -0.2) is 73.1 Å². The summed E-state index contributed by atoms with van der Waals surface area (Å²) in [5, 5.41) is 0. The highest BCUT2D eigenvalue weighted by atomic mass is 16.7. The van der Waals surface area contributed by atoms with Crippen LogP contribution < -0.4 is 0 Å². The van der Waals surface area contributed by atoms with Gasteiger partial charge in [0.05, 0.1) is 28.4 Å². The van der Waals surface area contributed by atoms with Crippen LogP contribution in [0.2, 0.25) is 0 Å². The summed E-state index contributed by atoms with van der Waals surface area (Å²) >= 11 is 0. The molecule has 5 aliphatic rings. The van der Waals surface area contributed by atoms with Crippen molar-refractivity contribution < 1.29 is 52.4 Å². The Labute approximate surface area is 373 Å². The van der Waals surface area contributed by atoms with Crippen LogP contribution in [0.1, 0.15) is 107 Å². The van der Waals surface area contributed by atoms with Gasteiger partial charge in [0, 0.05) is 11.8 Å². The van der Waals surface area contributed by atoms with E-state index in [4.69, 9.17) is 28.4 Å². The molecule has 0 N–H and O–H groups in total. The number of allylic oxidation sites excluding steroid dienone is 1. The lowest BCUT2D eigenvalue weighted by Crippen LogP contribution is -2.63. The van der Waals surface area contributed by atoms with E-state index in [-0.39, 0.29) is 27.5 Å². The van der Waals surface area contributed by atoms with Crippen molar-refractivity contribution in [2.45, 2.75) is 102 Å². The van der Waals surface area contributed by atoms with Crippen LogP contribution in [0.15, 0.2) is 133 Å². The number of hydrogen-bond donors (Lipinski definition) is 0. The van der Waals surface area contributed by atoms with Crippen molar-refractivity contribution in [1.82, 2.24) is 0 Å². The van der Waals surface area contributed by atoms with Gasteiger partial charge in [-0.15, -0.1) is 0 Å². The highest BCUT2D eigenvalue weighted by Crippen LogP contribution is 2.64. The van der Waals surface area contributed by atoms with E-state index in [1.165, 1.54) is 5.57 Å². The molecule has 1 heterocycles. The molecule has 11 nitrogen and oxygen atoms in total. The zero-order valence-electron chi connectivity index (χ0n) is 36.2. The van der Waals surface area contributed by atoms with Crippen molar-refractivity contribution in [1.29, 1.82) is 0 Å². The minimum absolute atomic E-state index is 0.0684. The number of rotatable bonds is 11. The summed E-state index contributed by atoms with van der Waals surface area (Å²) in [6.45, 7) is 4.13. The van der Waals surface area contributed by atoms with Crippen LogP contribution in [0.3, 0.4) is 0 Å². The monoisotopic (exact) mass is 866 g/mol. The number of fused-ring (bicyclic) bond motifs is 5. The minimum atomic E-state index is -1.50. The first kappa shape index (κ1) is 43.3. The van der Waals surface area contributed by atoms with Crippen LogP contribution in [0.4, 0.5) is 0 Å². The quantitative estimate of drug-likeness (QED) is 0.0810. The average molecular weight is 867 g/mol. The van der Waals surface area contributed by atoms with Gasteiger partial charge in [0.1, 0.15) is 18.5 Å². The van der Waals surface area contributed by atoms with Crippen LogP contribution in [-0.2, 0) is 33.2 Å². The van der Waals surface area contributed by atoms with E-state index in [2.05, 4.69) is 19.9 Å². The highest BCUT2D eigenvalue weighted by molar-refractivity contribution is 5.92. The Bertz CT molecular complexity index is 2370. The van der Waals surface area contributed by atoms with Gasteiger partial charge in [-0.05, 0) is 117 Å². The third kappa shape index (κ3) is 8.55. The molecule has 4 fully saturated rings. The Morgan fingerprint density at radius 2 is 1.08 bits per heavy atom. The van der Waals surface area contributed by atoms with E-state index in [1.54, 1.807) is 121 Å². The SMILES string of the molecule is C[C@]12CC[C@H](O[C@@H]3O[C@H](COC(=O)c4ccccc4)[C@H](OC(=O)c4ccccc4)[C@H](OC(=O)c4ccccc4)[C@H]3OC(=O)c3ccccc3)CC1=CC[C@@H]1[C@@H]2CC[C@]2(C)C(=O)CC[C@@H]12. The summed E-state index contributed by atoms with van der Waals surface area (Å²) in [6.07, 6.45) is 1.51. The molecule has 11 heteroatoms. The summed E-state index contributed by atoms with van der Waals surface area (Å²) < 4.78 is 38.3. The number of ether oxygens (including phenoxy) is 6. The molecule has 11 atom stereocenters. The van der Waals surface area contributed by atoms with Gasteiger partial charge >= 0.3 is 23.9 Å². The molecule has 4 aromatic carbocycles. The Kier molecular flexibility index (Phi) is 12.4. The van der Waals surface area contributed by atoms with E-state index < -0.39 is 67.3 Å². The van der Waals surface area contributed by atoms with Crippen LogP contribution in [0.5, 0.6) is 0 Å². The second-order valence-corrected chi connectivity index (χ2v) is 18.4. The molecule has 0 amide bonds. The fourth-order valence-electron chi connectivity index (χ4n) is 11.3. The number of benzene rings is 4. The van der Waals surface area contributed by atoms with E-state index in [9.17, 15) is 24.0 Å². The molecule has 0 bridgehead atoms. The van der Waals surface area contributed by atoms with Gasteiger partial charge in [-0.2, -0.15) is 0 Å². The van der Waals surface area contributed by atoms with Gasteiger partial charge in [0.25, 0.3) is 0 Å². The van der Waals surface area contributed by atoms with Crippen molar-refractivity contribution >= 4 is 29.7 Å². The predicted octanol–water partition coefficient (Wildman–Crippen LogP) is 9.16. The summed E-state index contributed by atoms with van der Waals surface area (Å²) in [5.41, 5.74) is 1.95. The predicted molar refractivity (Wildman–Crippen MR) is 234 cm³/mol. The smallest absolute Gasteiger partial charge is 0.338 e. The second-order valence-electron chi connectivity index (χ2n) is 18.4. The minimum Gasteiger partial charge on any atom is -0.459 e. The van der Waals surface area contributed by atoms with Gasteiger partial charge < -0.3 is 28.4 Å². The number of carbonyl (C=O) groups excluding carboxylic acids is 5. The first-order chi connectivity index (χ1) is 31.0. The van der Waals surface area contributed by atoms with Crippen molar-refractivity contribution in [3.63, 3.8) is 0 Å². The summed E-state index contributed by atoms with van der Waals surface area (Å²) in [6, 6.07) is 33.4. The first-order valence-electron chi connectivity index (χ1n) is 22.6. The lowest BCUT2D eigenvalue weighted by atomic mass is 9.48. The molecule has 4 aromatic rings. The summed E-state index contributed by atoms with van der Waals surface area (Å²) in [4.78, 5) is 68.6. The van der Waals surface area contributed by atoms with E-state index in [0.717, 1.165) is 32.1 Å². The van der Waals surface area contributed by atoms with Gasteiger partial charge in [0.15, 0.2) is 24.6 Å². The maximum Gasteiger partial charge on any atom is 0.338 e. The van der Waals surface area contributed by atoms with Gasteiger partial charge in [-0.25, -0.2) is 19.2 Å². The van der Waals surface area contributed by atoms with Crippen LogP contribution in [0.25, 0.3) is 0 Å². The molecule has 0 aromatic heterocycles. The Morgan fingerprint density at radius 1 is 0.594 bits per heavy atom. The molecular formula is C53H54O11. The van der Waals surface area contributed by atoms with Crippen molar-refractivity contribution in [2.24, 2.45) is 28.6 Å².